The molecule has 3 nitrogen and oxygen atoms in total. The molecule has 0 amide bonds. The van der Waals surface area contributed by atoms with E-state index in [1.54, 1.807) is 0 Å². The highest BCUT2D eigenvalue weighted by Crippen LogP contribution is 2.25. The van der Waals surface area contributed by atoms with Gasteiger partial charge in [0.25, 0.3) is 0 Å². The van der Waals surface area contributed by atoms with Crippen molar-refractivity contribution in [1.29, 1.82) is 0 Å². The van der Waals surface area contributed by atoms with Crippen molar-refractivity contribution in [3.63, 3.8) is 0 Å². The minimum Gasteiger partial charge on any atom is -0.481 e. The molecule has 1 rings (SSSR count). The third-order valence-electron chi connectivity index (χ3n) is 1.69. The summed E-state index contributed by atoms with van der Waals surface area (Å²) in [5.41, 5.74) is 0.218. The number of carboxylic acids is 1. The number of rotatable bonds is 3. The van der Waals surface area contributed by atoms with Crippen LogP contribution in [0.1, 0.15) is 18.1 Å². The molecule has 1 atom stereocenters. The van der Waals surface area contributed by atoms with E-state index in [0.717, 1.165) is 12.1 Å². The van der Waals surface area contributed by atoms with Crippen LogP contribution in [0.15, 0.2) is 18.2 Å². The lowest BCUT2D eigenvalue weighted by atomic mass is 10.1. The van der Waals surface area contributed by atoms with Gasteiger partial charge in [0.1, 0.15) is 5.82 Å². The monoisotopic (exact) mass is 218 g/mol. The topological polar surface area (TPSA) is 57.5 Å². The van der Waals surface area contributed by atoms with Gasteiger partial charge in [0, 0.05) is 5.02 Å². The molecule has 1 aromatic rings. The summed E-state index contributed by atoms with van der Waals surface area (Å²) in [7, 11) is 0. The van der Waals surface area contributed by atoms with Gasteiger partial charge in [-0.1, -0.05) is 17.7 Å². The summed E-state index contributed by atoms with van der Waals surface area (Å²) in [6.07, 6.45) is -1.66. The van der Waals surface area contributed by atoms with Gasteiger partial charge in [-0.05, 0) is 17.7 Å². The van der Waals surface area contributed by atoms with E-state index in [2.05, 4.69) is 0 Å². The molecule has 0 fully saturated rings. The molecule has 5 heteroatoms. The van der Waals surface area contributed by atoms with E-state index in [1.807, 2.05) is 0 Å². The molecule has 0 aromatic heterocycles. The lowest BCUT2D eigenvalue weighted by Crippen LogP contribution is -2.06. The van der Waals surface area contributed by atoms with E-state index in [1.165, 1.54) is 6.07 Å². The van der Waals surface area contributed by atoms with Crippen molar-refractivity contribution in [2.75, 3.05) is 0 Å². The fourth-order valence-corrected chi connectivity index (χ4v) is 1.34. The van der Waals surface area contributed by atoms with Gasteiger partial charge in [-0.15, -0.1) is 0 Å². The Balaban J connectivity index is 2.90. The Morgan fingerprint density at radius 3 is 2.71 bits per heavy atom. The van der Waals surface area contributed by atoms with E-state index >= 15 is 0 Å². The Bertz CT molecular complexity index is 354. The molecule has 0 aliphatic heterocycles. The maximum absolute atomic E-state index is 12.6. The van der Waals surface area contributed by atoms with E-state index in [9.17, 15) is 14.3 Å². The number of carboxylic acid groups (broad SMARTS) is 1. The van der Waals surface area contributed by atoms with Gasteiger partial charge >= 0.3 is 5.97 Å². The quantitative estimate of drug-likeness (QED) is 0.816. The fraction of sp³-hybridized carbons (Fsp3) is 0.222. The average Bonchev–Trinajstić information content (AvgIpc) is 2.01. The molecule has 0 saturated carbocycles. The van der Waals surface area contributed by atoms with Crippen LogP contribution in [0, 0.1) is 5.82 Å². The van der Waals surface area contributed by atoms with Crippen LogP contribution < -0.4 is 0 Å². The zero-order valence-electron chi connectivity index (χ0n) is 7.08. The maximum atomic E-state index is 12.6. The van der Waals surface area contributed by atoms with Crippen molar-refractivity contribution in [2.24, 2.45) is 0 Å². The number of halogens is 2. The Morgan fingerprint density at radius 2 is 2.21 bits per heavy atom. The Morgan fingerprint density at radius 1 is 1.57 bits per heavy atom. The molecular weight excluding hydrogens is 211 g/mol. The summed E-state index contributed by atoms with van der Waals surface area (Å²) >= 11 is 5.61. The molecule has 0 saturated heterocycles. The molecule has 0 spiro atoms. The van der Waals surface area contributed by atoms with Gasteiger partial charge in [0.2, 0.25) is 0 Å². The number of benzene rings is 1. The zero-order chi connectivity index (χ0) is 10.7. The minimum atomic E-state index is -1.21. The maximum Gasteiger partial charge on any atom is 0.306 e. The Labute approximate surface area is 84.7 Å². The van der Waals surface area contributed by atoms with Crippen LogP contribution >= 0.6 is 11.6 Å². The first kappa shape index (κ1) is 10.9. The second kappa shape index (κ2) is 4.39. The van der Waals surface area contributed by atoms with Crippen LogP contribution in [0.25, 0.3) is 0 Å². The molecule has 1 aromatic carbocycles. The Hall–Kier alpha value is -1.13. The van der Waals surface area contributed by atoms with E-state index in [4.69, 9.17) is 16.7 Å². The first-order valence-electron chi connectivity index (χ1n) is 3.85. The van der Waals surface area contributed by atoms with Crippen molar-refractivity contribution in [3.8, 4) is 0 Å². The van der Waals surface area contributed by atoms with Gasteiger partial charge in [-0.25, -0.2) is 4.39 Å². The van der Waals surface area contributed by atoms with Crippen molar-refractivity contribution in [2.45, 2.75) is 12.5 Å². The summed E-state index contributed by atoms with van der Waals surface area (Å²) in [5.74, 6) is -1.67. The van der Waals surface area contributed by atoms with Crippen molar-refractivity contribution in [3.05, 3.63) is 34.6 Å². The Kier molecular flexibility index (Phi) is 3.43. The molecule has 0 heterocycles. The molecule has 2 N–H and O–H groups in total. The first-order chi connectivity index (χ1) is 6.50. The van der Waals surface area contributed by atoms with Crippen molar-refractivity contribution in [1.82, 2.24) is 0 Å². The lowest BCUT2D eigenvalue weighted by molar-refractivity contribution is -0.139. The van der Waals surface area contributed by atoms with E-state index in [0.29, 0.717) is 0 Å². The van der Waals surface area contributed by atoms with Crippen LogP contribution in [0.3, 0.4) is 0 Å². The lowest BCUT2D eigenvalue weighted by Gasteiger charge is -2.09. The SMILES string of the molecule is O=C(O)C[C@@H](O)c1ccc(F)cc1Cl. The number of aliphatic hydroxyl groups is 1. The summed E-state index contributed by atoms with van der Waals surface area (Å²) in [6.45, 7) is 0. The van der Waals surface area contributed by atoms with Crippen LogP contribution in [0.2, 0.25) is 5.02 Å². The van der Waals surface area contributed by atoms with Gasteiger partial charge in [-0.3, -0.25) is 4.79 Å². The molecular formula is C9H8ClFO3. The molecule has 0 aliphatic carbocycles. The van der Waals surface area contributed by atoms with Gasteiger partial charge in [-0.2, -0.15) is 0 Å². The zero-order valence-corrected chi connectivity index (χ0v) is 7.83. The smallest absolute Gasteiger partial charge is 0.306 e. The van der Waals surface area contributed by atoms with Crippen molar-refractivity contribution >= 4 is 17.6 Å². The average molecular weight is 219 g/mol. The second-order valence-electron chi connectivity index (χ2n) is 2.78. The standard InChI is InChI=1S/C9H8ClFO3/c10-7-3-5(11)1-2-6(7)8(12)4-9(13)14/h1-3,8,12H,4H2,(H,13,14)/t8-/m1/s1. The summed E-state index contributed by atoms with van der Waals surface area (Å²) in [6, 6.07) is 3.42. The van der Waals surface area contributed by atoms with Gasteiger partial charge in [0.05, 0.1) is 12.5 Å². The van der Waals surface area contributed by atoms with Gasteiger partial charge in [0.15, 0.2) is 0 Å². The molecule has 0 unspecified atom stereocenters. The fourth-order valence-electron chi connectivity index (χ4n) is 1.05. The highest BCUT2D eigenvalue weighted by atomic mass is 35.5. The predicted molar refractivity (Wildman–Crippen MR) is 48.6 cm³/mol. The van der Waals surface area contributed by atoms with Crippen LogP contribution in [0.5, 0.6) is 0 Å². The summed E-state index contributed by atoms with van der Waals surface area (Å²) in [5, 5.41) is 17.8. The summed E-state index contributed by atoms with van der Waals surface area (Å²) in [4.78, 5) is 10.3. The molecule has 0 aliphatic rings. The second-order valence-corrected chi connectivity index (χ2v) is 3.19. The van der Waals surface area contributed by atoms with Crippen LogP contribution in [-0.4, -0.2) is 16.2 Å². The van der Waals surface area contributed by atoms with E-state index < -0.39 is 24.3 Å². The highest BCUT2D eigenvalue weighted by Gasteiger charge is 2.15. The number of carbonyl (C=O) groups is 1. The molecule has 0 radical (unpaired) electrons. The predicted octanol–water partition coefficient (Wildman–Crippen LogP) is 1.99. The minimum absolute atomic E-state index is 0.0266. The third kappa shape index (κ3) is 2.68. The highest BCUT2D eigenvalue weighted by molar-refractivity contribution is 6.31. The largest absolute Gasteiger partial charge is 0.481 e. The third-order valence-corrected chi connectivity index (χ3v) is 2.02. The first-order valence-corrected chi connectivity index (χ1v) is 4.23. The number of hydrogen-bond acceptors (Lipinski definition) is 2. The molecule has 14 heavy (non-hydrogen) atoms. The number of aliphatic carboxylic acids is 1. The molecule has 76 valence electrons. The normalized spacial score (nSPS) is 12.5. The molecule has 0 bridgehead atoms. The number of aliphatic hydroxyl groups excluding tert-OH is 1. The van der Waals surface area contributed by atoms with Gasteiger partial charge < -0.3 is 10.2 Å². The van der Waals surface area contributed by atoms with E-state index in [-0.39, 0.29) is 10.6 Å². The van der Waals surface area contributed by atoms with Crippen LogP contribution in [-0.2, 0) is 4.79 Å². The van der Waals surface area contributed by atoms with Crippen LogP contribution in [0.4, 0.5) is 4.39 Å². The number of hydrogen-bond donors (Lipinski definition) is 2. The summed E-state index contributed by atoms with van der Waals surface area (Å²) < 4.78 is 12.6. The van der Waals surface area contributed by atoms with Crippen molar-refractivity contribution < 1.29 is 19.4 Å².